The third-order valence-corrected chi connectivity index (χ3v) is 6.75. The fourth-order valence-corrected chi connectivity index (χ4v) is 4.36. The van der Waals surface area contributed by atoms with Crippen molar-refractivity contribution in [1.82, 2.24) is 4.90 Å². The maximum Gasteiger partial charge on any atom is 0.242 e. The maximum absolute atomic E-state index is 13.3. The van der Waals surface area contributed by atoms with Crippen LogP contribution in [0.3, 0.4) is 0 Å². The van der Waals surface area contributed by atoms with E-state index in [0.717, 1.165) is 6.26 Å². The normalized spacial score (nSPS) is 15.3. The van der Waals surface area contributed by atoms with E-state index in [0.29, 0.717) is 16.7 Å². The number of aliphatic hydroxyl groups is 2. The van der Waals surface area contributed by atoms with Crippen molar-refractivity contribution < 1.29 is 23.4 Å². The Morgan fingerprint density at radius 3 is 1.73 bits per heavy atom. The van der Waals surface area contributed by atoms with Crippen LogP contribution >= 0.6 is 0 Å². The van der Waals surface area contributed by atoms with Crippen LogP contribution in [-0.4, -0.2) is 48.8 Å². The van der Waals surface area contributed by atoms with Crippen LogP contribution in [-0.2, 0) is 14.6 Å². The van der Waals surface area contributed by atoms with Gasteiger partial charge < -0.3 is 20.8 Å². The van der Waals surface area contributed by atoms with Gasteiger partial charge in [0.05, 0.1) is 10.9 Å². The molecule has 3 aromatic carbocycles. The van der Waals surface area contributed by atoms with Crippen LogP contribution in [0.1, 0.15) is 34.9 Å². The first-order chi connectivity index (χ1) is 15.6. The molecule has 0 saturated heterocycles. The lowest BCUT2D eigenvalue weighted by Gasteiger charge is -2.35. The maximum atomic E-state index is 13.3. The van der Waals surface area contributed by atoms with Gasteiger partial charge in [-0.15, -0.1) is 0 Å². The number of sulfone groups is 1. The topological polar surface area (TPSA) is 121 Å². The average Bonchev–Trinajstić information content (AvgIpc) is 2.83. The Kier molecular flexibility index (Phi) is 7.65. The molecular formula is C25H28N2O5S. The van der Waals surface area contributed by atoms with Gasteiger partial charge in [-0.1, -0.05) is 72.8 Å². The summed E-state index contributed by atoms with van der Waals surface area (Å²) in [5, 5.41) is 21.9. The average molecular weight is 469 g/mol. The fraction of sp³-hybridized carbons (Fsp3) is 0.240. The van der Waals surface area contributed by atoms with Crippen LogP contribution in [0.2, 0.25) is 0 Å². The monoisotopic (exact) mass is 468 g/mol. The third-order valence-electron chi connectivity index (χ3n) is 5.62. The van der Waals surface area contributed by atoms with Gasteiger partial charge in [-0.05, 0) is 28.8 Å². The Bertz CT molecular complexity index is 1170. The molecule has 0 heterocycles. The third kappa shape index (κ3) is 5.66. The smallest absolute Gasteiger partial charge is 0.242 e. The summed E-state index contributed by atoms with van der Waals surface area (Å²) < 4.78 is 23.3. The van der Waals surface area contributed by atoms with Gasteiger partial charge in [-0.25, -0.2) is 8.42 Å². The molecular weight excluding hydrogens is 440 g/mol. The molecule has 1 amide bonds. The molecule has 0 aliphatic rings. The summed E-state index contributed by atoms with van der Waals surface area (Å²) >= 11 is 0. The molecule has 0 bridgehead atoms. The van der Waals surface area contributed by atoms with Gasteiger partial charge in [0.25, 0.3) is 0 Å². The van der Waals surface area contributed by atoms with E-state index in [1.54, 1.807) is 24.3 Å². The SMILES string of the molecule is CN(C(=O)[C@@H](N)[C@H](O)c1ccc(S(C)(=O)=O)cc1)[C@H](c1ccccc1)[C@H](O)c1ccccc1. The number of hydrogen-bond acceptors (Lipinski definition) is 6. The molecule has 0 aromatic heterocycles. The highest BCUT2D eigenvalue weighted by Gasteiger charge is 2.34. The largest absolute Gasteiger partial charge is 0.386 e. The highest BCUT2D eigenvalue weighted by Crippen LogP contribution is 2.34. The van der Waals surface area contributed by atoms with Gasteiger partial charge in [-0.2, -0.15) is 0 Å². The quantitative estimate of drug-likeness (QED) is 0.467. The van der Waals surface area contributed by atoms with E-state index in [4.69, 9.17) is 5.73 Å². The zero-order valence-electron chi connectivity index (χ0n) is 18.4. The first-order valence-electron chi connectivity index (χ1n) is 10.4. The van der Waals surface area contributed by atoms with Gasteiger partial charge in [0.2, 0.25) is 5.91 Å². The lowest BCUT2D eigenvalue weighted by Crippen LogP contribution is -2.47. The number of rotatable bonds is 8. The number of nitrogens with two attached hydrogens (primary N) is 1. The molecule has 0 aliphatic heterocycles. The Hall–Kier alpha value is -3.04. The molecule has 0 radical (unpaired) electrons. The Morgan fingerprint density at radius 1 is 0.788 bits per heavy atom. The van der Waals surface area contributed by atoms with E-state index in [1.807, 2.05) is 36.4 Å². The van der Waals surface area contributed by atoms with Crippen molar-refractivity contribution in [1.29, 1.82) is 0 Å². The van der Waals surface area contributed by atoms with Crippen LogP contribution in [0, 0.1) is 0 Å². The van der Waals surface area contributed by atoms with E-state index in [-0.39, 0.29) is 4.90 Å². The number of carbonyl (C=O) groups excluding carboxylic acids is 1. The van der Waals surface area contributed by atoms with Crippen molar-refractivity contribution in [2.45, 2.75) is 29.2 Å². The van der Waals surface area contributed by atoms with Gasteiger partial charge >= 0.3 is 0 Å². The molecule has 0 aliphatic carbocycles. The van der Waals surface area contributed by atoms with Crippen molar-refractivity contribution in [3.05, 3.63) is 102 Å². The zero-order chi connectivity index (χ0) is 24.2. The van der Waals surface area contributed by atoms with Crippen molar-refractivity contribution in [2.75, 3.05) is 13.3 Å². The lowest BCUT2D eigenvalue weighted by atomic mass is 9.93. The molecule has 4 atom stereocenters. The standard InChI is InChI=1S/C25H28N2O5S/c1-27(22(17-9-5-3-6-10-17)24(29)18-11-7-4-8-12-18)25(30)21(26)23(28)19-13-15-20(16-14-19)33(2,31)32/h3-16,21-24,28-29H,26H2,1-2H3/t21-,22+,23+,24+/m0/s1. The van der Waals surface area contributed by atoms with Crippen molar-refractivity contribution in [2.24, 2.45) is 5.73 Å². The van der Waals surface area contributed by atoms with Crippen LogP contribution in [0.15, 0.2) is 89.8 Å². The molecule has 0 saturated carbocycles. The first kappa shape index (κ1) is 24.6. The molecule has 8 heteroatoms. The molecule has 33 heavy (non-hydrogen) atoms. The second kappa shape index (κ2) is 10.3. The van der Waals surface area contributed by atoms with Gasteiger partial charge in [0.15, 0.2) is 9.84 Å². The summed E-state index contributed by atoms with van der Waals surface area (Å²) in [7, 11) is -1.86. The number of hydrogen-bond donors (Lipinski definition) is 3. The van der Waals surface area contributed by atoms with E-state index in [1.165, 1.54) is 36.2 Å². The van der Waals surface area contributed by atoms with Crippen LogP contribution in [0.5, 0.6) is 0 Å². The minimum Gasteiger partial charge on any atom is -0.386 e. The van der Waals surface area contributed by atoms with Crippen LogP contribution < -0.4 is 5.73 Å². The highest BCUT2D eigenvalue weighted by molar-refractivity contribution is 7.90. The van der Waals surface area contributed by atoms with Crippen LogP contribution in [0.25, 0.3) is 0 Å². The lowest BCUT2D eigenvalue weighted by molar-refractivity contribution is -0.138. The number of amides is 1. The number of likely N-dealkylation sites (N-methyl/N-ethyl adjacent to an activating group) is 1. The molecule has 7 nitrogen and oxygen atoms in total. The fourth-order valence-electron chi connectivity index (χ4n) is 3.73. The Labute approximate surface area is 194 Å². The van der Waals surface area contributed by atoms with Crippen molar-refractivity contribution in [3.8, 4) is 0 Å². The highest BCUT2D eigenvalue weighted by atomic mass is 32.2. The molecule has 4 N–H and O–H groups in total. The second-order valence-corrected chi connectivity index (χ2v) is 9.99. The number of nitrogens with zero attached hydrogens (tertiary/aromatic N) is 1. The van der Waals surface area contributed by atoms with E-state index < -0.39 is 40.0 Å². The molecule has 0 unspecified atom stereocenters. The second-order valence-electron chi connectivity index (χ2n) is 7.97. The Morgan fingerprint density at radius 2 is 1.24 bits per heavy atom. The summed E-state index contributed by atoms with van der Waals surface area (Å²) in [6.45, 7) is 0. The minimum absolute atomic E-state index is 0.102. The molecule has 3 aromatic rings. The number of aliphatic hydroxyl groups excluding tert-OH is 2. The van der Waals surface area contributed by atoms with Crippen molar-refractivity contribution in [3.63, 3.8) is 0 Å². The molecule has 174 valence electrons. The summed E-state index contributed by atoms with van der Waals surface area (Å²) in [4.78, 5) is 14.7. The predicted molar refractivity (Wildman–Crippen MR) is 126 cm³/mol. The van der Waals surface area contributed by atoms with Gasteiger partial charge in [0, 0.05) is 13.3 Å². The van der Waals surface area contributed by atoms with E-state index in [2.05, 4.69) is 0 Å². The van der Waals surface area contributed by atoms with E-state index >= 15 is 0 Å². The van der Waals surface area contributed by atoms with Crippen molar-refractivity contribution >= 4 is 15.7 Å². The number of benzene rings is 3. The molecule has 0 spiro atoms. The van der Waals surface area contributed by atoms with Gasteiger partial charge in [0.1, 0.15) is 18.2 Å². The zero-order valence-corrected chi connectivity index (χ0v) is 19.3. The summed E-state index contributed by atoms with van der Waals surface area (Å²) in [6, 6.07) is 21.6. The minimum atomic E-state index is -3.39. The molecule has 0 fully saturated rings. The van der Waals surface area contributed by atoms with Gasteiger partial charge in [-0.3, -0.25) is 4.79 Å². The predicted octanol–water partition coefficient (Wildman–Crippen LogP) is 2.38. The van der Waals surface area contributed by atoms with Crippen LogP contribution in [0.4, 0.5) is 0 Å². The summed E-state index contributed by atoms with van der Waals surface area (Å²) in [5.74, 6) is -0.571. The first-order valence-corrected chi connectivity index (χ1v) is 12.3. The summed E-state index contributed by atoms with van der Waals surface area (Å²) in [5.41, 5.74) is 7.79. The van der Waals surface area contributed by atoms with E-state index in [9.17, 15) is 23.4 Å². The Balaban J connectivity index is 1.87. The summed E-state index contributed by atoms with van der Waals surface area (Å²) in [6.07, 6.45) is -1.30. The number of carbonyl (C=O) groups is 1. The molecule has 3 rings (SSSR count).